The number of ether oxygens (including phenoxy) is 1. The molecule has 0 spiro atoms. The summed E-state index contributed by atoms with van der Waals surface area (Å²) >= 11 is 0. The molecule has 0 aliphatic heterocycles. The molecule has 0 saturated heterocycles. The first-order valence-electron chi connectivity index (χ1n) is 6.86. The van der Waals surface area contributed by atoms with Crippen molar-refractivity contribution in [2.24, 2.45) is 0 Å². The van der Waals surface area contributed by atoms with E-state index in [1.54, 1.807) is 44.2 Å². The maximum Gasteiger partial charge on any atom is 0.342 e. The first kappa shape index (κ1) is 16.3. The van der Waals surface area contributed by atoms with Crippen molar-refractivity contribution in [3.05, 3.63) is 59.0 Å². The number of aryl methyl sites for hydroxylation is 2. The number of hydrogen-bond acceptors (Lipinski definition) is 5. The van der Waals surface area contributed by atoms with E-state index in [-0.39, 0.29) is 5.56 Å². The summed E-state index contributed by atoms with van der Waals surface area (Å²) in [6, 6.07) is 9.92. The molecular weight excluding hydrogens is 300 g/mol. The number of nitrogens with one attached hydrogen (secondary N) is 2. The third-order valence-electron chi connectivity index (χ3n) is 2.95. The molecular formula is C16H16N2O5. The third kappa shape index (κ3) is 4.44. The number of hydrazine groups is 1. The number of carbonyl (C=O) groups is 3. The topological polar surface area (TPSA) is 97.6 Å². The highest BCUT2D eigenvalue weighted by molar-refractivity contribution is 5.96. The third-order valence-corrected chi connectivity index (χ3v) is 2.95. The molecule has 2 rings (SSSR count). The van der Waals surface area contributed by atoms with Gasteiger partial charge in [0.25, 0.3) is 11.8 Å². The van der Waals surface area contributed by atoms with Crippen LogP contribution in [0.2, 0.25) is 0 Å². The molecule has 2 amide bonds. The number of furan rings is 1. The fourth-order valence-corrected chi connectivity index (χ4v) is 1.87. The van der Waals surface area contributed by atoms with Gasteiger partial charge in [0, 0.05) is 5.56 Å². The molecule has 0 atom stereocenters. The summed E-state index contributed by atoms with van der Waals surface area (Å²) in [5, 5.41) is 0. The molecule has 0 aliphatic carbocycles. The molecule has 1 heterocycles. The van der Waals surface area contributed by atoms with E-state index in [0.29, 0.717) is 17.1 Å². The molecule has 120 valence electrons. The zero-order valence-electron chi connectivity index (χ0n) is 12.7. The van der Waals surface area contributed by atoms with Crippen LogP contribution in [0.4, 0.5) is 0 Å². The van der Waals surface area contributed by atoms with Gasteiger partial charge < -0.3 is 9.15 Å². The summed E-state index contributed by atoms with van der Waals surface area (Å²) in [7, 11) is 0. The van der Waals surface area contributed by atoms with E-state index in [1.807, 2.05) is 0 Å². The fourth-order valence-electron chi connectivity index (χ4n) is 1.87. The van der Waals surface area contributed by atoms with Crippen LogP contribution in [-0.2, 0) is 9.53 Å². The number of rotatable bonds is 4. The van der Waals surface area contributed by atoms with Gasteiger partial charge in [0.2, 0.25) is 0 Å². The molecule has 2 aromatic rings. The Morgan fingerprint density at radius 1 is 1.09 bits per heavy atom. The molecule has 23 heavy (non-hydrogen) atoms. The van der Waals surface area contributed by atoms with E-state index in [4.69, 9.17) is 9.15 Å². The van der Waals surface area contributed by atoms with Crippen molar-refractivity contribution in [1.29, 1.82) is 0 Å². The van der Waals surface area contributed by atoms with Crippen LogP contribution >= 0.6 is 0 Å². The average molecular weight is 316 g/mol. The Labute approximate surface area is 132 Å². The lowest BCUT2D eigenvalue weighted by molar-refractivity contribution is -0.125. The summed E-state index contributed by atoms with van der Waals surface area (Å²) in [5.41, 5.74) is 5.06. The largest absolute Gasteiger partial charge is 0.466 e. The van der Waals surface area contributed by atoms with Crippen molar-refractivity contribution < 1.29 is 23.5 Å². The highest BCUT2D eigenvalue weighted by Crippen LogP contribution is 2.14. The van der Waals surface area contributed by atoms with Crippen molar-refractivity contribution in [2.45, 2.75) is 13.8 Å². The Morgan fingerprint density at radius 3 is 2.39 bits per heavy atom. The van der Waals surface area contributed by atoms with E-state index < -0.39 is 24.4 Å². The van der Waals surface area contributed by atoms with E-state index in [1.165, 1.54) is 6.07 Å². The molecule has 7 heteroatoms. The smallest absolute Gasteiger partial charge is 0.342 e. The van der Waals surface area contributed by atoms with Gasteiger partial charge in [0.15, 0.2) is 6.61 Å². The quantitative estimate of drug-likeness (QED) is 0.658. The number of carbonyl (C=O) groups excluding carboxylic acids is 3. The van der Waals surface area contributed by atoms with Crippen molar-refractivity contribution in [3.63, 3.8) is 0 Å². The number of esters is 1. The Balaban J connectivity index is 1.78. The van der Waals surface area contributed by atoms with Gasteiger partial charge in [-0.05, 0) is 32.0 Å². The second-order valence-corrected chi connectivity index (χ2v) is 4.77. The van der Waals surface area contributed by atoms with Gasteiger partial charge in [-0.3, -0.25) is 20.4 Å². The minimum atomic E-state index is -0.663. The van der Waals surface area contributed by atoms with Crippen LogP contribution in [0.25, 0.3) is 0 Å². The minimum absolute atomic E-state index is 0.267. The molecule has 0 unspecified atom stereocenters. The Kier molecular flexibility index (Phi) is 5.14. The lowest BCUT2D eigenvalue weighted by Gasteiger charge is -2.07. The average Bonchev–Trinajstić information content (AvgIpc) is 2.89. The summed E-state index contributed by atoms with van der Waals surface area (Å²) in [5.74, 6) is -0.782. The maximum atomic E-state index is 11.8. The predicted molar refractivity (Wildman–Crippen MR) is 80.5 cm³/mol. The molecule has 0 saturated carbocycles. The second kappa shape index (κ2) is 7.26. The zero-order valence-corrected chi connectivity index (χ0v) is 12.7. The maximum absolute atomic E-state index is 11.8. The molecule has 0 fully saturated rings. The normalized spacial score (nSPS) is 10.0. The molecule has 7 nitrogen and oxygen atoms in total. The van der Waals surface area contributed by atoms with Gasteiger partial charge in [-0.2, -0.15) is 0 Å². The van der Waals surface area contributed by atoms with E-state index >= 15 is 0 Å². The minimum Gasteiger partial charge on any atom is -0.466 e. The Morgan fingerprint density at radius 2 is 1.78 bits per heavy atom. The van der Waals surface area contributed by atoms with Crippen LogP contribution in [0.1, 0.15) is 32.2 Å². The highest BCUT2D eigenvalue weighted by Gasteiger charge is 2.16. The van der Waals surface area contributed by atoms with Gasteiger partial charge in [-0.1, -0.05) is 18.2 Å². The van der Waals surface area contributed by atoms with Crippen LogP contribution in [0, 0.1) is 13.8 Å². The van der Waals surface area contributed by atoms with Crippen molar-refractivity contribution in [3.8, 4) is 0 Å². The van der Waals surface area contributed by atoms with Gasteiger partial charge in [0.05, 0.1) is 0 Å². The van der Waals surface area contributed by atoms with Gasteiger partial charge in [-0.25, -0.2) is 4.79 Å². The molecule has 0 aliphatic rings. The van der Waals surface area contributed by atoms with Crippen molar-refractivity contribution in [2.75, 3.05) is 6.61 Å². The van der Waals surface area contributed by atoms with E-state index in [0.717, 1.165) is 0 Å². The first-order chi connectivity index (χ1) is 11.0. The van der Waals surface area contributed by atoms with Crippen molar-refractivity contribution >= 4 is 17.8 Å². The summed E-state index contributed by atoms with van der Waals surface area (Å²) < 4.78 is 10.1. The van der Waals surface area contributed by atoms with Crippen LogP contribution in [0.5, 0.6) is 0 Å². The molecule has 0 bridgehead atoms. The monoisotopic (exact) mass is 316 g/mol. The predicted octanol–water partition coefficient (Wildman–Crippen LogP) is 1.51. The molecule has 0 radical (unpaired) electrons. The van der Waals surface area contributed by atoms with Gasteiger partial charge >= 0.3 is 5.97 Å². The van der Waals surface area contributed by atoms with E-state index in [2.05, 4.69) is 10.9 Å². The summed E-state index contributed by atoms with van der Waals surface area (Å²) in [6.45, 7) is 2.82. The zero-order chi connectivity index (χ0) is 16.8. The van der Waals surface area contributed by atoms with Crippen LogP contribution < -0.4 is 10.9 Å². The summed E-state index contributed by atoms with van der Waals surface area (Å²) in [4.78, 5) is 35.1. The van der Waals surface area contributed by atoms with Crippen LogP contribution in [-0.4, -0.2) is 24.4 Å². The Hall–Kier alpha value is -3.09. The first-order valence-corrected chi connectivity index (χ1v) is 6.86. The standard InChI is InChI=1S/C16H16N2O5/c1-10-8-13(11(2)23-10)16(21)22-9-14(19)17-18-15(20)12-6-4-3-5-7-12/h3-8H,9H2,1-2H3,(H,17,19)(H,18,20). The van der Waals surface area contributed by atoms with Gasteiger partial charge in [-0.15, -0.1) is 0 Å². The van der Waals surface area contributed by atoms with Crippen LogP contribution in [0.15, 0.2) is 40.8 Å². The SMILES string of the molecule is Cc1cc(C(=O)OCC(=O)NNC(=O)c2ccccc2)c(C)o1. The molecule has 2 N–H and O–H groups in total. The Bertz CT molecular complexity index is 721. The highest BCUT2D eigenvalue weighted by atomic mass is 16.5. The van der Waals surface area contributed by atoms with E-state index in [9.17, 15) is 14.4 Å². The van der Waals surface area contributed by atoms with Crippen LogP contribution in [0.3, 0.4) is 0 Å². The van der Waals surface area contributed by atoms with Gasteiger partial charge in [0.1, 0.15) is 17.1 Å². The molecule has 1 aromatic carbocycles. The summed E-state index contributed by atoms with van der Waals surface area (Å²) in [6.07, 6.45) is 0. The van der Waals surface area contributed by atoms with Crippen molar-refractivity contribution in [1.82, 2.24) is 10.9 Å². The molecule has 1 aromatic heterocycles. The lowest BCUT2D eigenvalue weighted by Crippen LogP contribution is -2.43. The second-order valence-electron chi connectivity index (χ2n) is 4.77. The number of hydrogen-bond donors (Lipinski definition) is 2. The number of benzene rings is 1. The lowest BCUT2D eigenvalue weighted by atomic mass is 10.2. The number of amides is 2. The fraction of sp³-hybridized carbons (Fsp3) is 0.188.